The van der Waals surface area contributed by atoms with Crippen molar-refractivity contribution < 1.29 is 27.6 Å². The minimum Gasteiger partial charge on any atom is -0.396 e. The molecule has 2 N–H and O–H groups in total. The molecular weight excluding hydrogens is 296 g/mol. The molecule has 1 aromatic carbocycles. The molecule has 0 saturated carbocycles. The molecule has 0 spiro atoms. The van der Waals surface area contributed by atoms with Crippen LogP contribution in [-0.2, 0) is 25.2 Å². The predicted octanol–water partition coefficient (Wildman–Crippen LogP) is 1.60. The zero-order chi connectivity index (χ0) is 15.9. The van der Waals surface area contributed by atoms with Gasteiger partial charge in [0.05, 0.1) is 6.61 Å². The normalized spacial score (nSPS) is 25.2. The van der Waals surface area contributed by atoms with Crippen LogP contribution in [0.5, 0.6) is 0 Å². The molecule has 0 bridgehead atoms. The maximum absolute atomic E-state index is 11.6. The molecule has 0 amide bonds. The lowest BCUT2D eigenvalue weighted by Crippen LogP contribution is -2.34. The van der Waals surface area contributed by atoms with E-state index in [1.54, 1.807) is 26.0 Å². The summed E-state index contributed by atoms with van der Waals surface area (Å²) >= 11 is 0. The molecule has 7 heteroatoms. The predicted molar refractivity (Wildman–Crippen MR) is 75.5 cm³/mol. The zero-order valence-corrected chi connectivity index (χ0v) is 13.1. The van der Waals surface area contributed by atoms with Crippen molar-refractivity contribution in [2.45, 2.75) is 43.5 Å². The Hall–Kier alpha value is -0.990. The fraction of sp³-hybridized carbons (Fsp3) is 0.571. The third-order valence-electron chi connectivity index (χ3n) is 3.51. The van der Waals surface area contributed by atoms with Crippen molar-refractivity contribution in [2.75, 3.05) is 13.2 Å². The summed E-state index contributed by atoms with van der Waals surface area (Å²) in [6, 6.07) is 4.58. The van der Waals surface area contributed by atoms with Gasteiger partial charge in [0, 0.05) is 18.6 Å². The Bertz CT molecular complexity index is 637. The lowest BCUT2D eigenvalue weighted by Gasteiger charge is -2.30. The van der Waals surface area contributed by atoms with Gasteiger partial charge in [-0.15, -0.1) is 0 Å². The number of benzene rings is 1. The fourth-order valence-corrected chi connectivity index (χ4v) is 3.38. The number of hydrogen-bond acceptors (Lipinski definition) is 5. The summed E-state index contributed by atoms with van der Waals surface area (Å²) in [5.74, 6) is -0.893. The average Bonchev–Trinajstić information content (AvgIpc) is 2.65. The molecule has 1 heterocycles. The molecule has 0 radical (unpaired) electrons. The van der Waals surface area contributed by atoms with E-state index in [0.29, 0.717) is 5.56 Å². The average molecular weight is 316 g/mol. The topological polar surface area (TPSA) is 93.1 Å². The summed E-state index contributed by atoms with van der Waals surface area (Å²) in [6.45, 7) is 5.15. The molecule has 0 unspecified atom stereocenters. The van der Waals surface area contributed by atoms with Crippen molar-refractivity contribution >= 4 is 10.1 Å². The minimum absolute atomic E-state index is 0.104. The van der Waals surface area contributed by atoms with Gasteiger partial charge in [0.1, 0.15) is 10.5 Å². The van der Waals surface area contributed by atoms with Crippen LogP contribution >= 0.6 is 0 Å². The van der Waals surface area contributed by atoms with E-state index in [4.69, 9.17) is 9.47 Å². The standard InChI is InChI=1S/C14H20O6S/c1-10-4-5-12(21(16,17)18)11(8-10)14(6-7-15)9-19-13(2,3)20-14/h4-5,8,15H,6-7,9H2,1-3H3,(H,16,17,18)/t14-/m0/s1. The van der Waals surface area contributed by atoms with Crippen molar-refractivity contribution in [3.05, 3.63) is 29.3 Å². The van der Waals surface area contributed by atoms with E-state index in [0.717, 1.165) is 5.56 Å². The Labute approximate surface area is 124 Å². The van der Waals surface area contributed by atoms with Gasteiger partial charge in [-0.25, -0.2) is 0 Å². The number of aliphatic hydroxyl groups is 1. The summed E-state index contributed by atoms with van der Waals surface area (Å²) in [6.07, 6.45) is 0.169. The summed E-state index contributed by atoms with van der Waals surface area (Å²) < 4.78 is 44.2. The molecule has 0 aliphatic carbocycles. The second-order valence-electron chi connectivity index (χ2n) is 5.73. The number of hydrogen-bond donors (Lipinski definition) is 2. The van der Waals surface area contributed by atoms with Crippen LogP contribution in [0, 0.1) is 6.92 Å². The molecular formula is C14H20O6S. The molecule has 6 nitrogen and oxygen atoms in total. The second kappa shape index (κ2) is 5.33. The maximum Gasteiger partial charge on any atom is 0.294 e. The monoisotopic (exact) mass is 316 g/mol. The Morgan fingerprint density at radius 3 is 2.48 bits per heavy atom. The molecule has 1 aliphatic rings. The van der Waals surface area contributed by atoms with Gasteiger partial charge in [-0.05, 0) is 26.8 Å². The summed E-state index contributed by atoms with van der Waals surface area (Å²) in [5, 5.41) is 9.34. The third-order valence-corrected chi connectivity index (χ3v) is 4.43. The van der Waals surface area contributed by atoms with Gasteiger partial charge in [0.25, 0.3) is 10.1 Å². The van der Waals surface area contributed by atoms with E-state index in [1.807, 2.05) is 6.92 Å². The van der Waals surface area contributed by atoms with Crippen molar-refractivity contribution in [1.82, 2.24) is 0 Å². The highest BCUT2D eigenvalue weighted by Crippen LogP contribution is 2.43. The van der Waals surface area contributed by atoms with Crippen LogP contribution in [0.3, 0.4) is 0 Å². The number of rotatable bonds is 4. The molecule has 1 fully saturated rings. The van der Waals surface area contributed by atoms with Crippen LogP contribution in [-0.4, -0.2) is 37.1 Å². The van der Waals surface area contributed by atoms with Crippen molar-refractivity contribution in [2.24, 2.45) is 0 Å². The first kappa shape index (κ1) is 16.4. The van der Waals surface area contributed by atoms with Gasteiger partial charge in [0.15, 0.2) is 5.79 Å². The summed E-state index contributed by atoms with van der Waals surface area (Å²) in [5.41, 5.74) is 0.0303. The van der Waals surface area contributed by atoms with Crippen molar-refractivity contribution in [1.29, 1.82) is 0 Å². The van der Waals surface area contributed by atoms with E-state index in [-0.39, 0.29) is 24.5 Å². The quantitative estimate of drug-likeness (QED) is 0.820. The van der Waals surface area contributed by atoms with Crippen molar-refractivity contribution in [3.63, 3.8) is 0 Å². The third kappa shape index (κ3) is 3.27. The van der Waals surface area contributed by atoms with Crippen LogP contribution in [0.25, 0.3) is 0 Å². The smallest absolute Gasteiger partial charge is 0.294 e. The van der Waals surface area contributed by atoms with E-state index >= 15 is 0 Å². The molecule has 1 saturated heterocycles. The Morgan fingerprint density at radius 2 is 2.00 bits per heavy atom. The van der Waals surface area contributed by atoms with E-state index in [9.17, 15) is 18.1 Å². The molecule has 0 aromatic heterocycles. The first-order valence-corrected chi connectivity index (χ1v) is 8.07. The first-order chi connectivity index (χ1) is 9.60. The lowest BCUT2D eigenvalue weighted by molar-refractivity contribution is -0.167. The largest absolute Gasteiger partial charge is 0.396 e. The lowest BCUT2D eigenvalue weighted by atomic mass is 9.90. The highest BCUT2D eigenvalue weighted by molar-refractivity contribution is 7.85. The highest BCUT2D eigenvalue weighted by atomic mass is 32.2. The summed E-state index contributed by atoms with van der Waals surface area (Å²) in [4.78, 5) is -0.220. The van der Waals surface area contributed by atoms with Crippen LogP contribution in [0.1, 0.15) is 31.4 Å². The number of aryl methyl sites for hydroxylation is 1. The summed E-state index contributed by atoms with van der Waals surface area (Å²) in [7, 11) is -4.40. The Morgan fingerprint density at radius 1 is 1.33 bits per heavy atom. The molecule has 1 aromatic rings. The number of ether oxygens (including phenoxy) is 2. The van der Waals surface area contributed by atoms with Crippen LogP contribution < -0.4 is 0 Å². The fourth-order valence-electron chi connectivity index (χ4n) is 2.62. The van der Waals surface area contributed by atoms with Gasteiger partial charge in [-0.2, -0.15) is 8.42 Å². The number of aliphatic hydroxyl groups excluding tert-OH is 1. The zero-order valence-electron chi connectivity index (χ0n) is 12.3. The molecule has 1 atom stereocenters. The van der Waals surface area contributed by atoms with E-state index < -0.39 is 21.5 Å². The van der Waals surface area contributed by atoms with Crippen LogP contribution in [0.2, 0.25) is 0 Å². The van der Waals surface area contributed by atoms with E-state index in [1.165, 1.54) is 6.07 Å². The van der Waals surface area contributed by atoms with Crippen molar-refractivity contribution in [3.8, 4) is 0 Å². The Balaban J connectivity index is 2.64. The van der Waals surface area contributed by atoms with E-state index in [2.05, 4.69) is 0 Å². The van der Waals surface area contributed by atoms with Gasteiger partial charge in [0.2, 0.25) is 0 Å². The SMILES string of the molecule is Cc1ccc(S(=O)(=O)O)c([C@]2(CCO)COC(C)(C)O2)c1. The van der Waals surface area contributed by atoms with Gasteiger partial charge >= 0.3 is 0 Å². The second-order valence-corrected chi connectivity index (χ2v) is 7.12. The molecule has 118 valence electrons. The Kier molecular flexibility index (Phi) is 4.16. The molecule has 21 heavy (non-hydrogen) atoms. The van der Waals surface area contributed by atoms with Gasteiger partial charge in [-0.1, -0.05) is 17.7 Å². The van der Waals surface area contributed by atoms with Gasteiger partial charge < -0.3 is 14.6 Å². The van der Waals surface area contributed by atoms with Crippen LogP contribution in [0.4, 0.5) is 0 Å². The highest BCUT2D eigenvalue weighted by Gasteiger charge is 2.48. The van der Waals surface area contributed by atoms with Crippen LogP contribution in [0.15, 0.2) is 23.1 Å². The maximum atomic E-state index is 11.6. The van der Waals surface area contributed by atoms with Gasteiger partial charge in [-0.3, -0.25) is 4.55 Å². The molecule has 1 aliphatic heterocycles. The minimum atomic E-state index is -4.40. The first-order valence-electron chi connectivity index (χ1n) is 6.63. The molecule has 2 rings (SSSR count).